The van der Waals surface area contributed by atoms with Gasteiger partial charge >= 0.3 is 0 Å². The highest BCUT2D eigenvalue weighted by atomic mass is 16.1. The summed E-state index contributed by atoms with van der Waals surface area (Å²) in [6.45, 7) is 2.71. The second kappa shape index (κ2) is 6.69. The molecule has 4 nitrogen and oxygen atoms in total. The van der Waals surface area contributed by atoms with Crippen molar-refractivity contribution in [3.8, 4) is 0 Å². The molecule has 0 aromatic heterocycles. The van der Waals surface area contributed by atoms with Crippen molar-refractivity contribution in [1.82, 2.24) is 5.32 Å². The third kappa shape index (κ3) is 4.13. The van der Waals surface area contributed by atoms with Gasteiger partial charge in [-0.1, -0.05) is 6.92 Å². The van der Waals surface area contributed by atoms with Crippen molar-refractivity contribution in [1.29, 1.82) is 0 Å². The van der Waals surface area contributed by atoms with E-state index in [1.807, 2.05) is 44.1 Å². The molecular weight excluding hydrogens is 226 g/mol. The van der Waals surface area contributed by atoms with Crippen LogP contribution >= 0.6 is 0 Å². The molecule has 0 atom stereocenters. The van der Waals surface area contributed by atoms with Crippen molar-refractivity contribution in [2.45, 2.75) is 13.3 Å². The minimum absolute atomic E-state index is 0.0796. The summed E-state index contributed by atoms with van der Waals surface area (Å²) < 4.78 is 0. The molecule has 0 spiro atoms. The van der Waals surface area contributed by atoms with E-state index in [1.165, 1.54) is 6.08 Å². The van der Waals surface area contributed by atoms with Gasteiger partial charge in [0.15, 0.2) is 0 Å². The number of rotatable bonds is 5. The van der Waals surface area contributed by atoms with Gasteiger partial charge in [-0.2, -0.15) is 0 Å². The summed E-state index contributed by atoms with van der Waals surface area (Å²) in [6.07, 6.45) is 4.26. The number of carbonyl (C=O) groups is 1. The number of hydrogen-bond acceptors (Lipinski definition) is 3. The average Bonchev–Trinajstić information content (AvgIpc) is 2.33. The molecule has 0 saturated heterocycles. The van der Waals surface area contributed by atoms with Gasteiger partial charge in [0.05, 0.1) is 0 Å². The number of anilines is 2. The predicted molar refractivity (Wildman–Crippen MR) is 77.5 cm³/mol. The Morgan fingerprint density at radius 2 is 2.17 bits per heavy atom. The second-order valence-corrected chi connectivity index (χ2v) is 4.34. The first kappa shape index (κ1) is 14.1. The molecule has 0 radical (unpaired) electrons. The first-order valence-electron chi connectivity index (χ1n) is 6.07. The Kier molecular flexibility index (Phi) is 5.24. The lowest BCUT2D eigenvalue weighted by molar-refractivity contribution is -0.116. The van der Waals surface area contributed by atoms with E-state index >= 15 is 0 Å². The van der Waals surface area contributed by atoms with Gasteiger partial charge < -0.3 is 16.0 Å². The van der Waals surface area contributed by atoms with Crippen LogP contribution in [-0.2, 0) is 4.79 Å². The largest absolute Gasteiger partial charge is 0.399 e. The lowest BCUT2D eigenvalue weighted by Crippen LogP contribution is -2.21. The Bertz CT molecular complexity index is 439. The fourth-order valence-corrected chi connectivity index (χ4v) is 1.59. The summed E-state index contributed by atoms with van der Waals surface area (Å²) in [5, 5.41) is 2.80. The van der Waals surface area contributed by atoms with E-state index in [-0.39, 0.29) is 5.91 Å². The van der Waals surface area contributed by atoms with E-state index in [0.29, 0.717) is 12.2 Å². The fourth-order valence-electron chi connectivity index (χ4n) is 1.59. The van der Waals surface area contributed by atoms with Crippen LogP contribution in [0.2, 0.25) is 0 Å². The van der Waals surface area contributed by atoms with Gasteiger partial charge in [0, 0.05) is 38.1 Å². The van der Waals surface area contributed by atoms with Crippen LogP contribution in [0.1, 0.15) is 18.9 Å². The fraction of sp³-hybridized carbons (Fsp3) is 0.357. The number of benzene rings is 1. The van der Waals surface area contributed by atoms with Crippen LogP contribution in [0.15, 0.2) is 24.3 Å². The molecular formula is C14H21N3O. The third-order valence-corrected chi connectivity index (χ3v) is 2.50. The molecule has 1 amide bonds. The predicted octanol–water partition coefficient (Wildman–Crippen LogP) is 1.87. The average molecular weight is 247 g/mol. The molecule has 3 N–H and O–H groups in total. The van der Waals surface area contributed by atoms with Crippen molar-refractivity contribution in [3.63, 3.8) is 0 Å². The molecule has 0 heterocycles. The molecule has 98 valence electrons. The topological polar surface area (TPSA) is 58.4 Å². The Hall–Kier alpha value is -1.97. The quantitative estimate of drug-likeness (QED) is 0.617. The highest BCUT2D eigenvalue weighted by Crippen LogP contribution is 2.22. The summed E-state index contributed by atoms with van der Waals surface area (Å²) in [5.74, 6) is -0.0796. The molecule has 1 rings (SSSR count). The van der Waals surface area contributed by atoms with E-state index in [0.717, 1.165) is 17.7 Å². The minimum atomic E-state index is -0.0796. The lowest BCUT2D eigenvalue weighted by atomic mass is 10.1. The highest BCUT2D eigenvalue weighted by molar-refractivity contribution is 5.92. The van der Waals surface area contributed by atoms with Crippen molar-refractivity contribution < 1.29 is 4.79 Å². The Labute approximate surface area is 108 Å². The van der Waals surface area contributed by atoms with Crippen molar-refractivity contribution >= 4 is 23.4 Å². The standard InChI is InChI=1S/C14H21N3O/c1-4-9-16-14(18)8-5-11-10-12(15)6-7-13(11)17(2)3/h5-8,10H,4,9,15H2,1-3H3,(H,16,18). The van der Waals surface area contributed by atoms with Gasteiger partial charge in [-0.3, -0.25) is 4.79 Å². The van der Waals surface area contributed by atoms with Crippen molar-refractivity contribution in [2.24, 2.45) is 0 Å². The van der Waals surface area contributed by atoms with Crippen LogP contribution in [-0.4, -0.2) is 26.5 Å². The van der Waals surface area contributed by atoms with Crippen molar-refractivity contribution in [3.05, 3.63) is 29.8 Å². The number of hydrogen-bond donors (Lipinski definition) is 2. The summed E-state index contributed by atoms with van der Waals surface area (Å²) in [7, 11) is 3.92. The molecule has 1 aromatic carbocycles. The maximum atomic E-state index is 11.5. The van der Waals surface area contributed by atoms with Gasteiger partial charge in [0.25, 0.3) is 0 Å². The SMILES string of the molecule is CCCNC(=O)C=Cc1cc(N)ccc1N(C)C. The van der Waals surface area contributed by atoms with Gasteiger partial charge in [-0.25, -0.2) is 0 Å². The minimum Gasteiger partial charge on any atom is -0.399 e. The molecule has 0 bridgehead atoms. The normalized spacial score (nSPS) is 10.6. The molecule has 18 heavy (non-hydrogen) atoms. The van der Waals surface area contributed by atoms with Crippen molar-refractivity contribution in [2.75, 3.05) is 31.3 Å². The first-order valence-corrected chi connectivity index (χ1v) is 6.07. The van der Waals surface area contributed by atoms with Gasteiger partial charge in [-0.15, -0.1) is 0 Å². The zero-order valence-corrected chi connectivity index (χ0v) is 11.2. The Morgan fingerprint density at radius 1 is 1.44 bits per heavy atom. The molecule has 0 fully saturated rings. The first-order chi connectivity index (χ1) is 8.54. The van der Waals surface area contributed by atoms with E-state index in [1.54, 1.807) is 6.08 Å². The van der Waals surface area contributed by atoms with Crippen LogP contribution in [0.3, 0.4) is 0 Å². The molecule has 0 aliphatic heterocycles. The lowest BCUT2D eigenvalue weighted by Gasteiger charge is -2.16. The maximum absolute atomic E-state index is 11.5. The Morgan fingerprint density at radius 3 is 2.78 bits per heavy atom. The van der Waals surface area contributed by atoms with E-state index in [4.69, 9.17) is 5.73 Å². The zero-order chi connectivity index (χ0) is 13.5. The monoisotopic (exact) mass is 247 g/mol. The molecule has 4 heteroatoms. The number of nitrogens with one attached hydrogen (secondary N) is 1. The third-order valence-electron chi connectivity index (χ3n) is 2.50. The smallest absolute Gasteiger partial charge is 0.244 e. The van der Waals surface area contributed by atoms with Gasteiger partial charge in [0.2, 0.25) is 5.91 Å². The molecule has 0 aliphatic rings. The number of amides is 1. The van der Waals surface area contributed by atoms with Crippen LogP contribution < -0.4 is 16.0 Å². The van der Waals surface area contributed by atoms with E-state index < -0.39 is 0 Å². The number of nitrogens with two attached hydrogens (primary N) is 1. The number of nitrogens with zero attached hydrogens (tertiary/aromatic N) is 1. The zero-order valence-electron chi connectivity index (χ0n) is 11.2. The maximum Gasteiger partial charge on any atom is 0.244 e. The van der Waals surface area contributed by atoms with E-state index in [9.17, 15) is 4.79 Å². The number of carbonyl (C=O) groups excluding carboxylic acids is 1. The summed E-state index contributed by atoms with van der Waals surface area (Å²) in [6, 6.07) is 5.65. The summed E-state index contributed by atoms with van der Waals surface area (Å²) >= 11 is 0. The van der Waals surface area contributed by atoms with Crippen LogP contribution in [0.5, 0.6) is 0 Å². The van der Waals surface area contributed by atoms with Crippen LogP contribution in [0.4, 0.5) is 11.4 Å². The second-order valence-electron chi connectivity index (χ2n) is 4.34. The molecule has 0 aliphatic carbocycles. The molecule has 1 aromatic rings. The van der Waals surface area contributed by atoms with Gasteiger partial charge in [-0.05, 0) is 36.3 Å². The van der Waals surface area contributed by atoms with E-state index in [2.05, 4.69) is 5.32 Å². The summed E-state index contributed by atoms with van der Waals surface area (Å²) in [5.41, 5.74) is 8.42. The summed E-state index contributed by atoms with van der Waals surface area (Å²) in [4.78, 5) is 13.5. The highest BCUT2D eigenvalue weighted by Gasteiger charge is 2.02. The van der Waals surface area contributed by atoms with Crippen LogP contribution in [0.25, 0.3) is 6.08 Å². The molecule has 0 saturated carbocycles. The van der Waals surface area contributed by atoms with Gasteiger partial charge in [0.1, 0.15) is 0 Å². The molecule has 0 unspecified atom stereocenters. The van der Waals surface area contributed by atoms with Crippen LogP contribution in [0, 0.1) is 0 Å². The number of nitrogen functional groups attached to an aromatic ring is 1. The Balaban J connectivity index is 2.85.